The van der Waals surface area contributed by atoms with Crippen LogP contribution in [0, 0.1) is 11.7 Å². The number of piperazine rings is 1. The third-order valence-corrected chi connectivity index (χ3v) is 16.3. The minimum atomic E-state index is -0.950. The molecule has 4 aliphatic heterocycles. The maximum absolute atomic E-state index is 14.3. The van der Waals surface area contributed by atoms with Gasteiger partial charge in [0.1, 0.15) is 29.3 Å². The lowest BCUT2D eigenvalue weighted by Crippen LogP contribution is -2.54. The minimum absolute atomic E-state index is 0.00838. The molecule has 1 aliphatic carbocycles. The molecule has 6 aromatic rings. The number of halogens is 1. The lowest BCUT2D eigenvalue weighted by molar-refractivity contribution is -0.143. The number of benzene rings is 3. The van der Waals surface area contributed by atoms with Crippen LogP contribution in [-0.4, -0.2) is 120 Å². The second-order valence-electron chi connectivity index (χ2n) is 21.2. The van der Waals surface area contributed by atoms with E-state index in [0.717, 1.165) is 94.9 Å². The van der Waals surface area contributed by atoms with E-state index in [4.69, 9.17) is 25.1 Å². The van der Waals surface area contributed by atoms with Crippen molar-refractivity contribution in [1.29, 1.82) is 0 Å². The van der Waals surface area contributed by atoms with Crippen molar-refractivity contribution in [3.63, 3.8) is 0 Å². The number of piperidine rings is 1. The number of nitrogens with zero attached hydrogens (tertiary/aromatic N) is 9. The molecule has 0 radical (unpaired) electrons. The van der Waals surface area contributed by atoms with Crippen molar-refractivity contribution in [3.8, 4) is 33.9 Å². The first-order valence-corrected chi connectivity index (χ1v) is 26.2. The molecule has 0 spiro atoms. The number of phenolic OH excluding ortho intramolecular Hbond substituents is 1. The highest BCUT2D eigenvalue weighted by molar-refractivity contribution is 5.91. The lowest BCUT2D eigenvalue weighted by atomic mass is 9.81. The zero-order valence-electron chi connectivity index (χ0n) is 41.8. The summed E-state index contributed by atoms with van der Waals surface area (Å²) in [5.74, 6) is 0.684. The number of aromatic nitrogens is 5. The van der Waals surface area contributed by atoms with Crippen LogP contribution in [0.25, 0.3) is 22.4 Å². The fraction of sp³-hybridized carbons (Fsp3) is 0.446. The molecule has 7 heterocycles. The Morgan fingerprint density at radius 2 is 1.49 bits per heavy atom. The Balaban J connectivity index is 0.650. The normalized spacial score (nSPS) is 23.8. The van der Waals surface area contributed by atoms with Gasteiger partial charge in [-0.05, 0) is 124 Å². The molecular weight excluding hydrogens is 942 g/mol. The smallest absolute Gasteiger partial charge is 0.275 e. The number of aromatic hydroxyl groups is 1. The van der Waals surface area contributed by atoms with E-state index in [-0.39, 0.29) is 54.4 Å². The van der Waals surface area contributed by atoms with Gasteiger partial charge in [-0.1, -0.05) is 61.5 Å². The van der Waals surface area contributed by atoms with Crippen molar-refractivity contribution in [2.75, 3.05) is 48.3 Å². The fourth-order valence-corrected chi connectivity index (χ4v) is 12.3. The van der Waals surface area contributed by atoms with Gasteiger partial charge in [0.25, 0.3) is 5.91 Å². The van der Waals surface area contributed by atoms with Gasteiger partial charge in [0, 0.05) is 79.7 Å². The number of β-amino-alcohol motifs (C(OH)–C–C–N with tert-alkyl or cyclic N) is 1. The molecule has 2 bridgehead atoms. The van der Waals surface area contributed by atoms with Gasteiger partial charge in [-0.2, -0.15) is 5.48 Å². The number of hydrogen-bond donors (Lipinski definition) is 4. The number of nitrogens with one attached hydrogen (secondary N) is 1. The zero-order chi connectivity index (χ0) is 51.0. The van der Waals surface area contributed by atoms with E-state index in [9.17, 15) is 24.2 Å². The van der Waals surface area contributed by atoms with Crippen molar-refractivity contribution >= 4 is 29.3 Å². The molecule has 5 N–H and O–H groups in total. The van der Waals surface area contributed by atoms with Gasteiger partial charge in [0.2, 0.25) is 11.9 Å². The van der Waals surface area contributed by atoms with Crippen LogP contribution in [0.5, 0.6) is 11.5 Å². The van der Waals surface area contributed by atoms with E-state index in [2.05, 4.69) is 35.5 Å². The molecule has 2 unspecified atom stereocenters. The number of fused-ring (bicyclic) bond motifs is 2. The third kappa shape index (κ3) is 9.96. The van der Waals surface area contributed by atoms with Crippen LogP contribution in [0.3, 0.4) is 0 Å². The van der Waals surface area contributed by atoms with Crippen LogP contribution in [0.15, 0.2) is 102 Å². The van der Waals surface area contributed by atoms with Gasteiger partial charge >= 0.3 is 0 Å². The number of nitrogens with two attached hydrogens (primary N) is 1. The summed E-state index contributed by atoms with van der Waals surface area (Å²) in [7, 11) is 0. The minimum Gasteiger partial charge on any atom is -0.507 e. The van der Waals surface area contributed by atoms with E-state index in [1.165, 1.54) is 16.5 Å². The Hall–Kier alpha value is -7.18. The molecule has 1 saturated carbocycles. The topological polar surface area (TPSA) is 212 Å². The van der Waals surface area contributed by atoms with Crippen molar-refractivity contribution in [2.45, 2.75) is 120 Å². The Morgan fingerprint density at radius 3 is 2.18 bits per heavy atom. The monoisotopic (exact) mass is 1010 g/mol. The number of anilines is 3. The first kappa shape index (κ1) is 49.1. The van der Waals surface area contributed by atoms with Crippen LogP contribution in [0.2, 0.25) is 0 Å². The van der Waals surface area contributed by atoms with E-state index in [1.807, 2.05) is 50.5 Å². The summed E-state index contributed by atoms with van der Waals surface area (Å²) in [5.41, 5.74) is 14.1. The maximum Gasteiger partial charge on any atom is 0.275 e. The molecule has 5 atom stereocenters. The van der Waals surface area contributed by atoms with Crippen LogP contribution in [-0.2, 0) is 9.59 Å². The Kier molecular flexibility index (Phi) is 13.9. The highest BCUT2D eigenvalue weighted by Crippen LogP contribution is 2.41. The third-order valence-electron chi connectivity index (χ3n) is 16.3. The van der Waals surface area contributed by atoms with Gasteiger partial charge in [-0.3, -0.25) is 9.59 Å². The Morgan fingerprint density at radius 1 is 0.811 bits per heavy atom. The first-order chi connectivity index (χ1) is 35.9. The number of aliphatic hydroxyl groups is 1. The average molecular weight is 1010 g/mol. The summed E-state index contributed by atoms with van der Waals surface area (Å²) >= 11 is 0. The number of nitrogen functional groups attached to an aromatic ring is 1. The summed E-state index contributed by atoms with van der Waals surface area (Å²) in [5, 5.41) is 34.2. The van der Waals surface area contributed by atoms with Gasteiger partial charge < -0.3 is 44.9 Å². The molecule has 5 aliphatic rings. The van der Waals surface area contributed by atoms with Gasteiger partial charge in [0.05, 0.1) is 23.2 Å². The number of hydroxylamine groups is 1. The predicted molar refractivity (Wildman–Crippen MR) is 276 cm³/mol. The van der Waals surface area contributed by atoms with Crippen LogP contribution in [0.4, 0.5) is 21.8 Å². The molecule has 18 heteroatoms. The van der Waals surface area contributed by atoms with Crippen molar-refractivity contribution < 1.29 is 33.6 Å². The molecule has 3 aromatic heterocycles. The zero-order valence-corrected chi connectivity index (χ0v) is 41.8. The molecular formula is C56H64FN11O6. The number of likely N-dealkylation sites (tertiary alicyclic amines) is 2. The molecule has 74 heavy (non-hydrogen) atoms. The average Bonchev–Trinajstić information content (AvgIpc) is 4.14. The molecule has 3 aromatic carbocycles. The number of phenols is 1. The number of carbonyl (C=O) groups is 2. The number of amides is 2. The molecule has 5 fully saturated rings. The predicted octanol–water partition coefficient (Wildman–Crippen LogP) is 7.59. The molecule has 11 rings (SSSR count). The van der Waals surface area contributed by atoms with E-state index in [0.29, 0.717) is 51.7 Å². The van der Waals surface area contributed by atoms with Crippen LogP contribution >= 0.6 is 0 Å². The number of rotatable bonds is 13. The van der Waals surface area contributed by atoms with E-state index < -0.39 is 24.0 Å². The fourth-order valence-electron chi connectivity index (χ4n) is 12.3. The van der Waals surface area contributed by atoms with Gasteiger partial charge in [0.15, 0.2) is 11.6 Å². The first-order valence-electron chi connectivity index (χ1n) is 26.2. The highest BCUT2D eigenvalue weighted by Gasteiger charge is 2.45. The lowest BCUT2D eigenvalue weighted by Gasteiger charge is -2.42. The quantitative estimate of drug-likeness (QED) is 0.0821. The molecule has 386 valence electrons. The molecule has 17 nitrogen and oxygen atoms in total. The number of aliphatic hydroxyl groups excluding tert-OH is 1. The Labute approximate surface area is 429 Å². The largest absolute Gasteiger partial charge is 0.507 e. The Bertz CT molecular complexity index is 2930. The molecule has 2 amide bonds. The van der Waals surface area contributed by atoms with Crippen molar-refractivity contribution in [1.82, 2.24) is 40.6 Å². The second-order valence-corrected chi connectivity index (χ2v) is 21.2. The number of carbonyl (C=O) groups excluding carboxylic acids is 2. The highest BCUT2D eigenvalue weighted by atomic mass is 19.1. The van der Waals surface area contributed by atoms with Crippen LogP contribution in [0.1, 0.15) is 106 Å². The standard InChI is InChI=1S/C56H64FN11O6/c1-33(2)52(55(72)67-32-41(69)25-49(67)54(71)64-73-42-19-13-35(14-20-42)43-7-3-5-9-45(43)57)51-27-46(63-74-51)36-11-15-38(16-12-36)65-23-21-34(22-24-65)37-28-59-56(60-29-37)68-39-17-18-40(68)31-66(30-39)48-26-47(61-62-53(48)58)44-8-4-6-10-50(44)70/h3-10,13-14,19-20,26-29,33-34,36,38-41,49,52,69-70H,11-12,15-18,21-25,30-32H2,1-2H3,(H2,58,62)(H,64,71)/t36-,38+,39?,40?,41-,49+,52-/m1/s1. The van der Waals surface area contributed by atoms with E-state index in [1.54, 1.807) is 54.6 Å². The maximum atomic E-state index is 14.3. The number of para-hydroxylation sites is 1. The van der Waals surface area contributed by atoms with Gasteiger partial charge in [-0.25, -0.2) is 14.4 Å². The SMILES string of the molecule is CC(C)[C@@H](C(=O)N1C[C@H](O)C[C@H]1C(=O)NOc1ccc(-c2ccccc2F)cc1)c1cc([C@H]2CC[C@@H](N3CCC(c4cnc(N5C6CCC5CN(c5cc(-c7ccccc7O)nnc5N)C6)nc4)CC3)CC2)no1. The van der Waals surface area contributed by atoms with E-state index >= 15 is 0 Å². The van der Waals surface area contributed by atoms with Crippen LogP contribution < -0.4 is 25.9 Å². The summed E-state index contributed by atoms with van der Waals surface area (Å²) in [6.07, 6.45) is 11.6. The van der Waals surface area contributed by atoms with Gasteiger partial charge in [-0.15, -0.1) is 10.2 Å². The summed E-state index contributed by atoms with van der Waals surface area (Å²) < 4.78 is 20.3. The van der Waals surface area contributed by atoms with Crippen molar-refractivity contribution in [3.05, 3.63) is 120 Å². The summed E-state index contributed by atoms with van der Waals surface area (Å²) in [6, 6.07) is 24.2. The summed E-state index contributed by atoms with van der Waals surface area (Å²) in [4.78, 5) is 52.1. The second kappa shape index (κ2) is 21.0. The van der Waals surface area contributed by atoms with Crippen molar-refractivity contribution in [2.24, 2.45) is 5.92 Å². The number of hydrogen-bond acceptors (Lipinski definition) is 15. The summed E-state index contributed by atoms with van der Waals surface area (Å²) in [6.45, 7) is 7.49. The molecule has 4 saturated heterocycles.